The minimum atomic E-state index is 0.00473. The summed E-state index contributed by atoms with van der Waals surface area (Å²) in [7, 11) is 0. The van der Waals surface area contributed by atoms with Crippen molar-refractivity contribution in [3.8, 4) is 5.69 Å². The molecule has 0 aliphatic rings. The van der Waals surface area contributed by atoms with E-state index in [0.717, 1.165) is 5.69 Å². The molecule has 1 heterocycles. The van der Waals surface area contributed by atoms with E-state index < -0.39 is 0 Å². The van der Waals surface area contributed by atoms with Crippen LogP contribution in [0.1, 0.15) is 6.92 Å². The van der Waals surface area contributed by atoms with Gasteiger partial charge in [-0.2, -0.15) is 0 Å². The van der Waals surface area contributed by atoms with Crippen molar-refractivity contribution in [1.29, 1.82) is 0 Å². The topological polar surface area (TPSA) is 59.8 Å². The van der Waals surface area contributed by atoms with Gasteiger partial charge in [-0.3, -0.25) is 9.36 Å². The minimum absolute atomic E-state index is 0.00473. The Morgan fingerprint density at radius 1 is 1.39 bits per heavy atom. The van der Waals surface area contributed by atoms with Crippen LogP contribution in [0.5, 0.6) is 0 Å². The Morgan fingerprint density at radius 2 is 2.17 bits per heavy atom. The van der Waals surface area contributed by atoms with Gasteiger partial charge in [0.1, 0.15) is 6.33 Å². The third-order valence-electron chi connectivity index (χ3n) is 2.26. The zero-order valence-corrected chi connectivity index (χ0v) is 10.9. The van der Waals surface area contributed by atoms with E-state index in [0.29, 0.717) is 17.5 Å². The van der Waals surface area contributed by atoms with Gasteiger partial charge in [0.15, 0.2) is 5.16 Å². The molecule has 0 aliphatic heterocycles. The number of hydrogen-bond acceptors (Lipinski definition) is 4. The lowest BCUT2D eigenvalue weighted by molar-refractivity contribution is -0.118. The summed E-state index contributed by atoms with van der Waals surface area (Å²) in [6.07, 6.45) is 1.65. The predicted octanol–water partition coefficient (Wildman–Crippen LogP) is 1.50. The molecule has 0 atom stereocenters. The molecule has 6 heteroatoms. The molecule has 0 saturated heterocycles. The van der Waals surface area contributed by atoms with Crippen molar-refractivity contribution in [2.75, 3.05) is 12.3 Å². The molecule has 18 heavy (non-hydrogen) atoms. The summed E-state index contributed by atoms with van der Waals surface area (Å²) >= 11 is 1.37. The molecule has 2 aromatic rings. The third kappa shape index (κ3) is 3.10. The van der Waals surface area contributed by atoms with Crippen LogP contribution in [0.25, 0.3) is 5.69 Å². The smallest absolute Gasteiger partial charge is 0.230 e. The van der Waals surface area contributed by atoms with Gasteiger partial charge in [-0.1, -0.05) is 30.0 Å². The number of nitrogens with zero attached hydrogens (tertiary/aromatic N) is 3. The maximum atomic E-state index is 11.4. The fourth-order valence-electron chi connectivity index (χ4n) is 1.47. The normalized spacial score (nSPS) is 10.3. The monoisotopic (exact) mass is 262 g/mol. The fraction of sp³-hybridized carbons (Fsp3) is 0.250. The van der Waals surface area contributed by atoms with Gasteiger partial charge < -0.3 is 5.32 Å². The average Bonchev–Trinajstić information content (AvgIpc) is 2.86. The fourth-order valence-corrected chi connectivity index (χ4v) is 2.23. The highest BCUT2D eigenvalue weighted by atomic mass is 32.2. The van der Waals surface area contributed by atoms with E-state index in [1.807, 2.05) is 41.8 Å². The van der Waals surface area contributed by atoms with Crippen LogP contribution in [-0.4, -0.2) is 33.0 Å². The van der Waals surface area contributed by atoms with Crippen LogP contribution in [0, 0.1) is 0 Å². The Bertz CT molecular complexity index is 512. The first-order valence-corrected chi connectivity index (χ1v) is 6.64. The third-order valence-corrected chi connectivity index (χ3v) is 3.20. The van der Waals surface area contributed by atoms with Gasteiger partial charge in [0.2, 0.25) is 5.91 Å². The number of carbonyl (C=O) groups is 1. The van der Waals surface area contributed by atoms with Crippen LogP contribution < -0.4 is 5.32 Å². The van der Waals surface area contributed by atoms with E-state index in [1.54, 1.807) is 6.33 Å². The Morgan fingerprint density at radius 3 is 2.89 bits per heavy atom. The van der Waals surface area contributed by atoms with Gasteiger partial charge in [-0.05, 0) is 19.1 Å². The lowest BCUT2D eigenvalue weighted by atomic mass is 10.3. The number of benzene rings is 1. The zero-order chi connectivity index (χ0) is 12.8. The second kappa shape index (κ2) is 6.20. The minimum Gasteiger partial charge on any atom is -0.356 e. The van der Waals surface area contributed by atoms with Crippen molar-refractivity contribution in [3.05, 3.63) is 36.7 Å². The predicted molar refractivity (Wildman–Crippen MR) is 70.8 cm³/mol. The summed E-state index contributed by atoms with van der Waals surface area (Å²) in [4.78, 5) is 11.4. The first-order valence-electron chi connectivity index (χ1n) is 5.66. The molecule has 0 saturated carbocycles. The van der Waals surface area contributed by atoms with Crippen molar-refractivity contribution in [2.24, 2.45) is 0 Å². The van der Waals surface area contributed by atoms with Crippen LogP contribution in [0.15, 0.2) is 41.8 Å². The molecule has 94 valence electrons. The summed E-state index contributed by atoms with van der Waals surface area (Å²) in [5.74, 6) is 0.351. The van der Waals surface area contributed by atoms with Crippen LogP contribution in [0.2, 0.25) is 0 Å². The molecule has 1 aromatic heterocycles. The maximum absolute atomic E-state index is 11.4. The molecule has 0 aliphatic carbocycles. The van der Waals surface area contributed by atoms with E-state index in [1.165, 1.54) is 11.8 Å². The molecular formula is C12H14N4OS. The lowest BCUT2D eigenvalue weighted by Gasteiger charge is -2.05. The second-order valence-corrected chi connectivity index (χ2v) is 4.50. The molecule has 2 rings (SSSR count). The second-order valence-electron chi connectivity index (χ2n) is 3.56. The maximum Gasteiger partial charge on any atom is 0.230 e. The van der Waals surface area contributed by atoms with Gasteiger partial charge in [-0.25, -0.2) is 0 Å². The summed E-state index contributed by atoms with van der Waals surface area (Å²) < 4.78 is 1.86. The molecule has 5 nitrogen and oxygen atoms in total. The molecule has 1 N–H and O–H groups in total. The summed E-state index contributed by atoms with van der Waals surface area (Å²) in [5, 5.41) is 11.4. The number of para-hydroxylation sites is 1. The molecule has 0 unspecified atom stereocenters. The highest BCUT2D eigenvalue weighted by Crippen LogP contribution is 2.18. The van der Waals surface area contributed by atoms with E-state index in [2.05, 4.69) is 15.5 Å². The Kier molecular flexibility index (Phi) is 4.35. The van der Waals surface area contributed by atoms with Crippen molar-refractivity contribution < 1.29 is 4.79 Å². The number of carbonyl (C=O) groups excluding carboxylic acids is 1. The van der Waals surface area contributed by atoms with E-state index in [4.69, 9.17) is 0 Å². The summed E-state index contributed by atoms with van der Waals surface area (Å²) in [6, 6.07) is 9.80. The van der Waals surface area contributed by atoms with Crippen LogP contribution in [-0.2, 0) is 4.79 Å². The van der Waals surface area contributed by atoms with Crippen molar-refractivity contribution in [3.63, 3.8) is 0 Å². The van der Waals surface area contributed by atoms with Crippen molar-refractivity contribution in [1.82, 2.24) is 20.1 Å². The number of thioether (sulfide) groups is 1. The van der Waals surface area contributed by atoms with Crippen molar-refractivity contribution in [2.45, 2.75) is 12.1 Å². The molecular weight excluding hydrogens is 248 g/mol. The molecule has 0 fully saturated rings. The van der Waals surface area contributed by atoms with E-state index in [9.17, 15) is 4.79 Å². The quantitative estimate of drug-likeness (QED) is 0.829. The highest BCUT2D eigenvalue weighted by molar-refractivity contribution is 7.99. The number of aromatic nitrogens is 3. The number of hydrogen-bond donors (Lipinski definition) is 1. The SMILES string of the molecule is CCNC(=O)CSc1nncn1-c1ccccc1. The first kappa shape index (κ1) is 12.6. The van der Waals surface area contributed by atoms with Gasteiger partial charge >= 0.3 is 0 Å². The molecule has 0 radical (unpaired) electrons. The molecule has 0 spiro atoms. The number of rotatable bonds is 5. The average molecular weight is 262 g/mol. The largest absolute Gasteiger partial charge is 0.356 e. The summed E-state index contributed by atoms with van der Waals surface area (Å²) in [6.45, 7) is 2.54. The Balaban J connectivity index is 2.07. The lowest BCUT2D eigenvalue weighted by Crippen LogP contribution is -2.24. The first-order chi connectivity index (χ1) is 8.81. The molecule has 0 bridgehead atoms. The summed E-state index contributed by atoms with van der Waals surface area (Å²) in [5.41, 5.74) is 0.987. The Labute approximate surface area is 110 Å². The van der Waals surface area contributed by atoms with Crippen LogP contribution in [0.3, 0.4) is 0 Å². The van der Waals surface area contributed by atoms with Crippen molar-refractivity contribution >= 4 is 17.7 Å². The van der Waals surface area contributed by atoms with E-state index >= 15 is 0 Å². The number of amides is 1. The van der Waals surface area contributed by atoms with Gasteiger partial charge in [0.05, 0.1) is 5.75 Å². The standard InChI is InChI=1S/C12H14N4OS/c1-2-13-11(17)8-18-12-15-14-9-16(12)10-6-4-3-5-7-10/h3-7,9H,2,8H2,1H3,(H,13,17). The Hall–Kier alpha value is -1.82. The van der Waals surface area contributed by atoms with Crippen LogP contribution >= 0.6 is 11.8 Å². The van der Waals surface area contributed by atoms with Gasteiger partial charge in [-0.15, -0.1) is 10.2 Å². The highest BCUT2D eigenvalue weighted by Gasteiger charge is 2.09. The zero-order valence-electron chi connectivity index (χ0n) is 10.0. The molecule has 1 aromatic carbocycles. The number of nitrogens with one attached hydrogen (secondary N) is 1. The van der Waals surface area contributed by atoms with Gasteiger partial charge in [0, 0.05) is 12.2 Å². The van der Waals surface area contributed by atoms with Gasteiger partial charge in [0.25, 0.3) is 0 Å². The van der Waals surface area contributed by atoms with E-state index in [-0.39, 0.29) is 5.91 Å². The molecule has 1 amide bonds. The van der Waals surface area contributed by atoms with Crippen LogP contribution in [0.4, 0.5) is 0 Å².